The van der Waals surface area contributed by atoms with Gasteiger partial charge in [-0.15, -0.1) is 0 Å². The van der Waals surface area contributed by atoms with Crippen LogP contribution in [0, 0.1) is 0 Å². The van der Waals surface area contributed by atoms with Crippen LogP contribution in [0.1, 0.15) is 25.3 Å². The molecular formula is C15H20N2O2. The highest BCUT2D eigenvalue weighted by Crippen LogP contribution is 2.15. The van der Waals surface area contributed by atoms with Crippen molar-refractivity contribution in [2.24, 2.45) is 0 Å². The maximum atomic E-state index is 11.8. The number of nitrogens with one attached hydrogen (secondary N) is 1. The van der Waals surface area contributed by atoms with Crippen molar-refractivity contribution in [1.29, 1.82) is 0 Å². The number of hydrogen-bond donors (Lipinski definition) is 2. The number of hydrogen-bond acceptors (Lipinski definition) is 3. The molecular weight excluding hydrogens is 240 g/mol. The fourth-order valence-corrected chi connectivity index (χ4v) is 2.14. The second kappa shape index (κ2) is 6.38. The van der Waals surface area contributed by atoms with Crippen molar-refractivity contribution < 1.29 is 9.53 Å². The SMILES string of the molecule is CC(NC(=O)/C=C/c1ccc(N)cc1)C1CCCO1. The van der Waals surface area contributed by atoms with Gasteiger partial charge >= 0.3 is 0 Å². The molecule has 19 heavy (non-hydrogen) atoms. The number of carbonyl (C=O) groups excluding carboxylic acids is 1. The minimum absolute atomic E-state index is 0.0473. The molecule has 1 heterocycles. The summed E-state index contributed by atoms with van der Waals surface area (Å²) >= 11 is 0. The molecule has 0 aliphatic carbocycles. The van der Waals surface area contributed by atoms with Gasteiger partial charge in [0.1, 0.15) is 0 Å². The average Bonchev–Trinajstić information content (AvgIpc) is 2.92. The highest BCUT2D eigenvalue weighted by molar-refractivity contribution is 5.91. The number of carbonyl (C=O) groups is 1. The molecule has 3 N–H and O–H groups in total. The van der Waals surface area contributed by atoms with E-state index in [-0.39, 0.29) is 18.1 Å². The molecule has 1 aromatic carbocycles. The minimum Gasteiger partial charge on any atom is -0.399 e. The van der Waals surface area contributed by atoms with Crippen molar-refractivity contribution in [2.45, 2.75) is 31.9 Å². The Kier molecular flexibility index (Phi) is 4.58. The molecule has 0 bridgehead atoms. The molecule has 0 spiro atoms. The Balaban J connectivity index is 1.84. The normalized spacial score (nSPS) is 20.6. The largest absolute Gasteiger partial charge is 0.399 e. The lowest BCUT2D eigenvalue weighted by atomic mass is 10.1. The monoisotopic (exact) mass is 260 g/mol. The summed E-state index contributed by atoms with van der Waals surface area (Å²) in [7, 11) is 0. The molecule has 2 unspecified atom stereocenters. The predicted octanol–water partition coefficient (Wildman–Crippen LogP) is 1.97. The zero-order chi connectivity index (χ0) is 13.7. The van der Waals surface area contributed by atoms with Gasteiger partial charge in [-0.2, -0.15) is 0 Å². The Morgan fingerprint density at radius 1 is 1.47 bits per heavy atom. The van der Waals surface area contributed by atoms with Gasteiger partial charge in [0, 0.05) is 18.4 Å². The number of nitrogens with two attached hydrogens (primary N) is 1. The second-order valence-corrected chi connectivity index (χ2v) is 4.85. The summed E-state index contributed by atoms with van der Waals surface area (Å²) < 4.78 is 5.54. The molecule has 1 aliphatic rings. The van der Waals surface area contributed by atoms with E-state index in [4.69, 9.17) is 10.5 Å². The van der Waals surface area contributed by atoms with Gasteiger partial charge in [0.25, 0.3) is 0 Å². The van der Waals surface area contributed by atoms with Crippen LogP contribution in [0.25, 0.3) is 6.08 Å². The van der Waals surface area contributed by atoms with Crippen molar-refractivity contribution in [3.05, 3.63) is 35.9 Å². The van der Waals surface area contributed by atoms with Crippen LogP contribution in [0.2, 0.25) is 0 Å². The lowest BCUT2D eigenvalue weighted by molar-refractivity contribution is -0.117. The number of nitrogen functional groups attached to an aromatic ring is 1. The molecule has 1 aromatic rings. The van der Waals surface area contributed by atoms with Crippen LogP contribution in [-0.4, -0.2) is 24.7 Å². The van der Waals surface area contributed by atoms with Crippen molar-refractivity contribution >= 4 is 17.7 Å². The number of ether oxygens (including phenoxy) is 1. The van der Waals surface area contributed by atoms with Crippen molar-refractivity contribution in [2.75, 3.05) is 12.3 Å². The molecule has 1 amide bonds. The van der Waals surface area contributed by atoms with Gasteiger partial charge < -0.3 is 15.8 Å². The van der Waals surface area contributed by atoms with Crippen molar-refractivity contribution in [3.8, 4) is 0 Å². The Bertz CT molecular complexity index is 448. The standard InChI is InChI=1S/C15H20N2O2/c1-11(14-3-2-10-19-14)17-15(18)9-6-12-4-7-13(16)8-5-12/h4-9,11,14H,2-3,10,16H2,1H3,(H,17,18)/b9-6+. The fraction of sp³-hybridized carbons (Fsp3) is 0.400. The van der Waals surface area contributed by atoms with Gasteiger partial charge in [-0.25, -0.2) is 0 Å². The molecule has 2 rings (SSSR count). The molecule has 1 saturated heterocycles. The summed E-state index contributed by atoms with van der Waals surface area (Å²) in [6.45, 7) is 2.77. The number of benzene rings is 1. The number of anilines is 1. The first-order chi connectivity index (χ1) is 9.15. The van der Waals surface area contributed by atoms with E-state index in [9.17, 15) is 4.79 Å². The summed E-state index contributed by atoms with van der Waals surface area (Å²) in [6.07, 6.45) is 5.55. The van der Waals surface area contributed by atoms with Crippen LogP contribution in [0.4, 0.5) is 5.69 Å². The molecule has 1 aliphatic heterocycles. The third-order valence-electron chi connectivity index (χ3n) is 3.26. The molecule has 0 aromatic heterocycles. The van der Waals surface area contributed by atoms with Gasteiger partial charge in [-0.3, -0.25) is 4.79 Å². The lowest BCUT2D eigenvalue weighted by Gasteiger charge is -2.18. The van der Waals surface area contributed by atoms with Gasteiger partial charge in [0.15, 0.2) is 0 Å². The molecule has 0 saturated carbocycles. The first kappa shape index (κ1) is 13.6. The van der Waals surface area contributed by atoms with E-state index in [1.165, 1.54) is 6.08 Å². The lowest BCUT2D eigenvalue weighted by Crippen LogP contribution is -2.40. The average molecular weight is 260 g/mol. The second-order valence-electron chi connectivity index (χ2n) is 4.85. The van der Waals surface area contributed by atoms with E-state index in [2.05, 4.69) is 5.32 Å². The van der Waals surface area contributed by atoms with Gasteiger partial charge in [-0.05, 0) is 43.5 Å². The molecule has 0 radical (unpaired) electrons. The van der Waals surface area contributed by atoms with Crippen LogP contribution in [0.5, 0.6) is 0 Å². The third kappa shape index (κ3) is 4.10. The summed E-state index contributed by atoms with van der Waals surface area (Å²) in [5, 5.41) is 2.93. The zero-order valence-corrected chi connectivity index (χ0v) is 11.1. The fourth-order valence-electron chi connectivity index (χ4n) is 2.14. The Morgan fingerprint density at radius 3 is 2.84 bits per heavy atom. The van der Waals surface area contributed by atoms with E-state index in [1.807, 2.05) is 31.2 Å². The van der Waals surface area contributed by atoms with E-state index < -0.39 is 0 Å². The summed E-state index contributed by atoms with van der Waals surface area (Å²) in [4.78, 5) is 11.8. The summed E-state index contributed by atoms with van der Waals surface area (Å²) in [6, 6.07) is 7.43. The summed E-state index contributed by atoms with van der Waals surface area (Å²) in [5.41, 5.74) is 7.27. The molecule has 102 valence electrons. The first-order valence-corrected chi connectivity index (χ1v) is 6.61. The Labute approximate surface area is 113 Å². The maximum Gasteiger partial charge on any atom is 0.244 e. The highest BCUT2D eigenvalue weighted by Gasteiger charge is 2.22. The first-order valence-electron chi connectivity index (χ1n) is 6.61. The summed E-state index contributed by atoms with van der Waals surface area (Å²) in [5.74, 6) is -0.0974. The molecule has 4 nitrogen and oxygen atoms in total. The smallest absolute Gasteiger partial charge is 0.244 e. The van der Waals surface area contributed by atoms with Crippen LogP contribution < -0.4 is 11.1 Å². The molecule has 4 heteroatoms. The predicted molar refractivity (Wildman–Crippen MR) is 76.5 cm³/mol. The van der Waals surface area contributed by atoms with Gasteiger partial charge in [0.05, 0.1) is 12.1 Å². The third-order valence-corrected chi connectivity index (χ3v) is 3.26. The van der Waals surface area contributed by atoms with Crippen LogP contribution >= 0.6 is 0 Å². The van der Waals surface area contributed by atoms with Gasteiger partial charge in [-0.1, -0.05) is 12.1 Å². The van der Waals surface area contributed by atoms with E-state index in [1.54, 1.807) is 6.08 Å². The van der Waals surface area contributed by atoms with Crippen molar-refractivity contribution in [1.82, 2.24) is 5.32 Å². The minimum atomic E-state index is -0.0974. The maximum absolute atomic E-state index is 11.8. The highest BCUT2D eigenvalue weighted by atomic mass is 16.5. The Hall–Kier alpha value is -1.81. The topological polar surface area (TPSA) is 64.4 Å². The van der Waals surface area contributed by atoms with Crippen LogP contribution in [0.3, 0.4) is 0 Å². The Morgan fingerprint density at radius 2 is 2.21 bits per heavy atom. The molecule has 1 fully saturated rings. The molecule has 2 atom stereocenters. The quantitative estimate of drug-likeness (QED) is 0.642. The van der Waals surface area contributed by atoms with E-state index in [0.717, 1.165) is 25.0 Å². The number of rotatable bonds is 4. The number of amides is 1. The van der Waals surface area contributed by atoms with E-state index >= 15 is 0 Å². The zero-order valence-electron chi connectivity index (χ0n) is 11.1. The van der Waals surface area contributed by atoms with Gasteiger partial charge in [0.2, 0.25) is 5.91 Å². The van der Waals surface area contributed by atoms with Crippen LogP contribution in [-0.2, 0) is 9.53 Å². The van der Waals surface area contributed by atoms with Crippen LogP contribution in [0.15, 0.2) is 30.3 Å². The van der Waals surface area contributed by atoms with Crippen molar-refractivity contribution in [3.63, 3.8) is 0 Å². The van der Waals surface area contributed by atoms with E-state index in [0.29, 0.717) is 5.69 Å².